The van der Waals surface area contributed by atoms with Gasteiger partial charge in [-0.25, -0.2) is 8.42 Å². The maximum absolute atomic E-state index is 13.1. The maximum Gasteiger partial charge on any atom is 0.253 e. The van der Waals surface area contributed by atoms with Gasteiger partial charge < -0.3 is 9.88 Å². The van der Waals surface area contributed by atoms with Crippen LogP contribution in [0.15, 0.2) is 53.0 Å². The molecule has 7 nitrogen and oxygen atoms in total. The molecule has 0 unspecified atom stereocenters. The fraction of sp³-hybridized carbons (Fsp3) is 0.200. The van der Waals surface area contributed by atoms with E-state index in [4.69, 9.17) is 11.6 Å². The molecule has 0 radical (unpaired) electrons. The number of benzene rings is 1. The largest absolute Gasteiger partial charge is 0.357 e. The molecule has 0 atom stereocenters. The van der Waals surface area contributed by atoms with E-state index >= 15 is 0 Å². The minimum Gasteiger partial charge on any atom is -0.357 e. The first-order chi connectivity index (χ1) is 14.4. The second-order valence-electron chi connectivity index (χ2n) is 7.16. The summed E-state index contributed by atoms with van der Waals surface area (Å²) in [4.78, 5) is 21.7. The molecule has 0 aliphatic carbocycles. The molecule has 1 aliphatic rings. The van der Waals surface area contributed by atoms with Gasteiger partial charge in [-0.05, 0) is 35.7 Å². The van der Waals surface area contributed by atoms with Crippen molar-refractivity contribution in [3.63, 3.8) is 0 Å². The molecule has 1 aromatic carbocycles. The monoisotopic (exact) mass is 460 g/mol. The van der Waals surface area contributed by atoms with E-state index in [0.29, 0.717) is 18.1 Å². The number of aromatic amines is 1. The first-order valence-corrected chi connectivity index (χ1v) is 11.9. The molecule has 4 aromatic rings. The number of carbonyl (C=O) groups excluding carboxylic acids is 1. The molecule has 4 heterocycles. The SMILES string of the molecule is O=C1CN(S(=O)(=O)c2cc3ccc(Cl)cc3s2)CCN1Cc1cc2cnccc2[nH]1. The number of hydrogen-bond donors (Lipinski definition) is 1. The van der Waals surface area contributed by atoms with E-state index in [1.54, 1.807) is 41.6 Å². The third kappa shape index (κ3) is 3.47. The van der Waals surface area contributed by atoms with Crippen molar-refractivity contribution in [1.82, 2.24) is 19.2 Å². The number of rotatable bonds is 4. The number of pyridine rings is 1. The van der Waals surface area contributed by atoms with Crippen LogP contribution >= 0.6 is 22.9 Å². The van der Waals surface area contributed by atoms with Crippen molar-refractivity contribution in [3.8, 4) is 0 Å². The van der Waals surface area contributed by atoms with E-state index in [1.165, 1.54) is 15.6 Å². The standard InChI is InChI=1S/C20H17ClN4O3S2/c21-15-2-1-13-8-20(29-18(13)9-15)30(27,28)25-6-5-24(19(26)12-25)11-16-7-14-10-22-4-3-17(14)23-16/h1-4,7-10,23H,5-6,11-12H2. The summed E-state index contributed by atoms with van der Waals surface area (Å²) in [5.41, 5.74) is 1.85. The fourth-order valence-corrected chi connectivity index (χ4v) is 6.83. The lowest BCUT2D eigenvalue weighted by Gasteiger charge is -2.33. The van der Waals surface area contributed by atoms with Crippen molar-refractivity contribution in [3.05, 3.63) is 59.5 Å². The molecule has 0 saturated carbocycles. The van der Waals surface area contributed by atoms with Gasteiger partial charge in [-0.3, -0.25) is 9.78 Å². The highest BCUT2D eigenvalue weighted by Gasteiger charge is 2.34. The summed E-state index contributed by atoms with van der Waals surface area (Å²) in [5.74, 6) is -0.217. The van der Waals surface area contributed by atoms with Crippen LogP contribution in [0.3, 0.4) is 0 Å². The molecular formula is C20H17ClN4O3S2. The zero-order chi connectivity index (χ0) is 20.9. The number of piperazine rings is 1. The van der Waals surface area contributed by atoms with E-state index in [0.717, 1.165) is 26.7 Å². The second-order valence-corrected chi connectivity index (χ2v) is 10.8. The van der Waals surface area contributed by atoms with Crippen molar-refractivity contribution in [1.29, 1.82) is 0 Å². The van der Waals surface area contributed by atoms with E-state index in [9.17, 15) is 13.2 Å². The molecule has 1 fully saturated rings. The van der Waals surface area contributed by atoms with Crippen molar-refractivity contribution in [2.75, 3.05) is 19.6 Å². The number of carbonyl (C=O) groups is 1. The molecule has 0 bridgehead atoms. The van der Waals surface area contributed by atoms with Crippen LogP contribution in [-0.4, -0.2) is 53.1 Å². The number of nitrogens with zero attached hydrogens (tertiary/aromatic N) is 3. The van der Waals surface area contributed by atoms with Gasteiger partial charge >= 0.3 is 0 Å². The number of aromatic nitrogens is 2. The molecule has 5 rings (SSSR count). The summed E-state index contributed by atoms with van der Waals surface area (Å²) in [6.45, 7) is 0.829. The number of H-pyrrole nitrogens is 1. The topological polar surface area (TPSA) is 86.4 Å². The predicted octanol–water partition coefficient (Wildman–Crippen LogP) is 3.46. The smallest absolute Gasteiger partial charge is 0.253 e. The van der Waals surface area contributed by atoms with Gasteiger partial charge in [-0.1, -0.05) is 17.7 Å². The van der Waals surface area contributed by atoms with Crippen LogP contribution in [0.2, 0.25) is 5.02 Å². The van der Waals surface area contributed by atoms with Crippen molar-refractivity contribution in [2.24, 2.45) is 0 Å². The van der Waals surface area contributed by atoms with Crippen LogP contribution in [0, 0.1) is 0 Å². The Morgan fingerprint density at radius 3 is 2.80 bits per heavy atom. The molecule has 10 heteroatoms. The molecule has 0 spiro atoms. The zero-order valence-electron chi connectivity index (χ0n) is 15.7. The highest BCUT2D eigenvalue weighted by Crippen LogP contribution is 2.33. The summed E-state index contributed by atoms with van der Waals surface area (Å²) >= 11 is 7.18. The molecular weight excluding hydrogens is 444 g/mol. The Labute approximate surface area is 181 Å². The highest BCUT2D eigenvalue weighted by atomic mass is 35.5. The van der Waals surface area contributed by atoms with Gasteiger partial charge in [0.15, 0.2) is 0 Å². The van der Waals surface area contributed by atoms with Gasteiger partial charge in [0.2, 0.25) is 5.91 Å². The quantitative estimate of drug-likeness (QED) is 0.505. The van der Waals surface area contributed by atoms with E-state index in [-0.39, 0.29) is 23.2 Å². The summed E-state index contributed by atoms with van der Waals surface area (Å²) in [6, 6.07) is 10.8. The van der Waals surface area contributed by atoms with Crippen LogP contribution in [0.1, 0.15) is 5.69 Å². The minimum absolute atomic E-state index is 0.168. The van der Waals surface area contributed by atoms with Gasteiger partial charge in [0.05, 0.1) is 13.1 Å². The highest BCUT2D eigenvalue weighted by molar-refractivity contribution is 7.91. The zero-order valence-corrected chi connectivity index (χ0v) is 18.1. The maximum atomic E-state index is 13.1. The van der Waals surface area contributed by atoms with Gasteiger partial charge in [0.1, 0.15) is 4.21 Å². The Hall–Kier alpha value is -2.46. The third-order valence-electron chi connectivity index (χ3n) is 5.18. The van der Waals surface area contributed by atoms with Crippen LogP contribution < -0.4 is 0 Å². The molecule has 1 saturated heterocycles. The molecule has 154 valence electrons. The van der Waals surface area contributed by atoms with E-state index in [2.05, 4.69) is 9.97 Å². The van der Waals surface area contributed by atoms with Crippen LogP contribution in [0.25, 0.3) is 21.0 Å². The van der Waals surface area contributed by atoms with Gasteiger partial charge in [0.25, 0.3) is 10.0 Å². The van der Waals surface area contributed by atoms with Crippen LogP contribution in [0.4, 0.5) is 0 Å². The molecule has 1 N–H and O–H groups in total. The van der Waals surface area contributed by atoms with Gasteiger partial charge in [-0.2, -0.15) is 4.31 Å². The lowest BCUT2D eigenvalue weighted by Crippen LogP contribution is -2.51. The Morgan fingerprint density at radius 2 is 2.00 bits per heavy atom. The van der Waals surface area contributed by atoms with Gasteiger partial charge in [0, 0.05) is 51.8 Å². The lowest BCUT2D eigenvalue weighted by atomic mass is 10.3. The third-order valence-corrected chi connectivity index (χ3v) is 8.80. The number of thiophene rings is 1. The average molecular weight is 461 g/mol. The summed E-state index contributed by atoms with van der Waals surface area (Å²) in [5, 5.41) is 2.36. The molecule has 3 aromatic heterocycles. The fourth-order valence-electron chi connectivity index (χ4n) is 3.62. The number of nitrogens with one attached hydrogen (secondary N) is 1. The Morgan fingerprint density at radius 1 is 1.13 bits per heavy atom. The normalized spacial score (nSPS) is 16.0. The summed E-state index contributed by atoms with van der Waals surface area (Å²) in [7, 11) is -3.74. The van der Waals surface area contributed by atoms with E-state index in [1.807, 2.05) is 12.1 Å². The number of hydrogen-bond acceptors (Lipinski definition) is 5. The molecule has 1 amide bonds. The Kier molecular flexibility index (Phi) is 4.78. The lowest BCUT2D eigenvalue weighted by molar-refractivity contribution is -0.134. The summed E-state index contributed by atoms with van der Waals surface area (Å²) in [6.07, 6.45) is 3.47. The van der Waals surface area contributed by atoms with Gasteiger partial charge in [-0.15, -0.1) is 11.3 Å². The second kappa shape index (κ2) is 7.35. The molecule has 1 aliphatic heterocycles. The van der Waals surface area contributed by atoms with Crippen LogP contribution in [-0.2, 0) is 21.4 Å². The van der Waals surface area contributed by atoms with Crippen molar-refractivity contribution < 1.29 is 13.2 Å². The number of halogens is 1. The average Bonchev–Trinajstić information content (AvgIpc) is 3.32. The number of amides is 1. The predicted molar refractivity (Wildman–Crippen MR) is 117 cm³/mol. The number of sulfonamides is 1. The first kappa shape index (κ1) is 19.5. The first-order valence-electron chi connectivity index (χ1n) is 9.29. The Bertz CT molecular complexity index is 1350. The minimum atomic E-state index is -3.74. The van der Waals surface area contributed by atoms with Crippen LogP contribution in [0.5, 0.6) is 0 Å². The van der Waals surface area contributed by atoms with Crippen molar-refractivity contribution in [2.45, 2.75) is 10.8 Å². The number of fused-ring (bicyclic) bond motifs is 2. The van der Waals surface area contributed by atoms with Crippen molar-refractivity contribution >= 4 is 59.9 Å². The molecule has 30 heavy (non-hydrogen) atoms. The summed E-state index contributed by atoms with van der Waals surface area (Å²) < 4.78 is 28.5. The Balaban J connectivity index is 1.33. The van der Waals surface area contributed by atoms with E-state index < -0.39 is 10.0 Å².